The summed E-state index contributed by atoms with van der Waals surface area (Å²) in [6, 6.07) is 3.82. The van der Waals surface area contributed by atoms with Crippen molar-refractivity contribution in [3.63, 3.8) is 0 Å². The molecule has 0 bridgehead atoms. The third-order valence-corrected chi connectivity index (χ3v) is 5.06. The highest BCUT2D eigenvalue weighted by atomic mass is 32.1. The van der Waals surface area contributed by atoms with Gasteiger partial charge in [-0.2, -0.15) is 0 Å². The number of aromatic nitrogens is 2. The van der Waals surface area contributed by atoms with Gasteiger partial charge in [-0.25, -0.2) is 9.97 Å². The Labute approximate surface area is 141 Å². The quantitative estimate of drug-likeness (QED) is 0.866. The first-order valence-electron chi connectivity index (χ1n) is 7.95. The lowest BCUT2D eigenvalue weighted by Gasteiger charge is -2.19. The van der Waals surface area contributed by atoms with Gasteiger partial charge in [0.15, 0.2) is 0 Å². The molecule has 0 aliphatic heterocycles. The van der Waals surface area contributed by atoms with E-state index in [0.29, 0.717) is 16.5 Å². The second-order valence-electron chi connectivity index (χ2n) is 5.65. The van der Waals surface area contributed by atoms with Gasteiger partial charge in [0.25, 0.3) is 5.91 Å². The number of carbonyl (C=O) groups is 1. The first kappa shape index (κ1) is 17.4. The van der Waals surface area contributed by atoms with Gasteiger partial charge in [-0.15, -0.1) is 11.3 Å². The minimum Gasteiger partial charge on any atom is -0.357 e. The number of thiazole rings is 1. The second-order valence-corrected chi connectivity index (χ2v) is 6.68. The number of hydrogen-bond acceptors (Lipinski definition) is 5. The third-order valence-electron chi connectivity index (χ3n) is 3.61. The molecular formula is C17H24N4OS. The van der Waals surface area contributed by atoms with Crippen molar-refractivity contribution in [2.75, 3.05) is 23.3 Å². The summed E-state index contributed by atoms with van der Waals surface area (Å²) in [4.78, 5) is 24.1. The summed E-state index contributed by atoms with van der Waals surface area (Å²) in [5.41, 5.74) is 1.48. The van der Waals surface area contributed by atoms with Crippen LogP contribution in [0, 0.1) is 6.92 Å². The van der Waals surface area contributed by atoms with Gasteiger partial charge >= 0.3 is 0 Å². The maximum absolute atomic E-state index is 12.4. The van der Waals surface area contributed by atoms with Crippen molar-refractivity contribution in [1.82, 2.24) is 9.97 Å². The number of nitrogens with one attached hydrogen (secondary N) is 1. The molecular weight excluding hydrogens is 308 g/mol. The maximum Gasteiger partial charge on any atom is 0.267 e. The highest BCUT2D eigenvalue weighted by molar-refractivity contribution is 7.14. The number of anilines is 2. The summed E-state index contributed by atoms with van der Waals surface area (Å²) < 4.78 is 0. The molecule has 0 unspecified atom stereocenters. The molecule has 6 heteroatoms. The number of amides is 1. The minimum absolute atomic E-state index is 0.121. The number of nitrogens with zero attached hydrogens (tertiary/aromatic N) is 3. The van der Waals surface area contributed by atoms with E-state index in [1.807, 2.05) is 19.1 Å². The maximum atomic E-state index is 12.4. The molecule has 2 heterocycles. The van der Waals surface area contributed by atoms with Crippen LogP contribution in [0.5, 0.6) is 0 Å². The number of hydrogen-bond donors (Lipinski definition) is 1. The van der Waals surface area contributed by atoms with E-state index in [4.69, 9.17) is 0 Å². The summed E-state index contributed by atoms with van der Waals surface area (Å²) in [6.45, 7) is 12.0. The minimum atomic E-state index is -0.121. The molecule has 0 saturated carbocycles. The van der Waals surface area contributed by atoms with E-state index < -0.39 is 0 Å². The fraction of sp³-hybridized carbons (Fsp3) is 0.471. The SMILES string of the molecule is CCN(CC)c1ccc(NC(=O)c2sc(C(C)C)nc2C)cn1. The largest absolute Gasteiger partial charge is 0.357 e. The van der Waals surface area contributed by atoms with Crippen molar-refractivity contribution < 1.29 is 4.79 Å². The van der Waals surface area contributed by atoms with E-state index in [0.717, 1.165) is 29.6 Å². The van der Waals surface area contributed by atoms with Crippen LogP contribution in [0.1, 0.15) is 54.0 Å². The molecule has 2 aromatic heterocycles. The summed E-state index contributed by atoms with van der Waals surface area (Å²) in [6.07, 6.45) is 1.70. The zero-order chi connectivity index (χ0) is 17.0. The van der Waals surface area contributed by atoms with Gasteiger partial charge in [-0.1, -0.05) is 13.8 Å². The Morgan fingerprint density at radius 1 is 1.30 bits per heavy atom. The molecule has 0 atom stereocenters. The highest BCUT2D eigenvalue weighted by Gasteiger charge is 2.17. The van der Waals surface area contributed by atoms with Crippen LogP contribution < -0.4 is 10.2 Å². The Bertz CT molecular complexity index is 660. The predicted molar refractivity (Wildman–Crippen MR) is 96.7 cm³/mol. The monoisotopic (exact) mass is 332 g/mol. The van der Waals surface area contributed by atoms with Crippen LogP contribution >= 0.6 is 11.3 Å². The average Bonchev–Trinajstić information content (AvgIpc) is 2.92. The van der Waals surface area contributed by atoms with Crippen molar-refractivity contribution in [1.29, 1.82) is 0 Å². The molecule has 1 amide bonds. The van der Waals surface area contributed by atoms with E-state index in [2.05, 4.69) is 47.9 Å². The lowest BCUT2D eigenvalue weighted by Crippen LogP contribution is -2.22. The number of pyridine rings is 1. The van der Waals surface area contributed by atoms with Crippen LogP contribution in [0.25, 0.3) is 0 Å². The van der Waals surface area contributed by atoms with E-state index in [9.17, 15) is 4.79 Å². The fourth-order valence-electron chi connectivity index (χ4n) is 2.26. The molecule has 1 N–H and O–H groups in total. The lowest BCUT2D eigenvalue weighted by atomic mass is 10.2. The van der Waals surface area contributed by atoms with Crippen molar-refractivity contribution >= 4 is 28.7 Å². The van der Waals surface area contributed by atoms with Crippen LogP contribution in [-0.4, -0.2) is 29.0 Å². The van der Waals surface area contributed by atoms with Crippen LogP contribution in [-0.2, 0) is 0 Å². The summed E-state index contributed by atoms with van der Waals surface area (Å²) in [7, 11) is 0. The highest BCUT2D eigenvalue weighted by Crippen LogP contribution is 2.25. The average molecular weight is 332 g/mol. The molecule has 0 fully saturated rings. The van der Waals surface area contributed by atoms with Gasteiger partial charge in [0, 0.05) is 19.0 Å². The Morgan fingerprint density at radius 2 is 2.00 bits per heavy atom. The van der Waals surface area contributed by atoms with Crippen molar-refractivity contribution in [2.24, 2.45) is 0 Å². The van der Waals surface area contributed by atoms with Gasteiger partial charge < -0.3 is 10.2 Å². The van der Waals surface area contributed by atoms with Crippen LogP contribution in [0.3, 0.4) is 0 Å². The molecule has 0 spiro atoms. The molecule has 0 radical (unpaired) electrons. The Morgan fingerprint density at radius 3 is 2.48 bits per heavy atom. The fourth-order valence-corrected chi connectivity index (χ4v) is 3.22. The molecule has 0 aliphatic carbocycles. The van der Waals surface area contributed by atoms with Crippen molar-refractivity contribution in [3.05, 3.63) is 33.9 Å². The van der Waals surface area contributed by atoms with E-state index in [1.165, 1.54) is 11.3 Å². The smallest absolute Gasteiger partial charge is 0.267 e. The van der Waals surface area contributed by atoms with E-state index in [-0.39, 0.29) is 5.91 Å². The number of aryl methyl sites for hydroxylation is 1. The zero-order valence-electron chi connectivity index (χ0n) is 14.4. The molecule has 0 aromatic carbocycles. The van der Waals surface area contributed by atoms with Crippen LogP contribution in [0.15, 0.2) is 18.3 Å². The Kier molecular flexibility index (Phi) is 5.71. The standard InChI is InChI=1S/C17H24N4OS/c1-6-21(7-2)14-9-8-13(10-18-14)20-16(22)15-12(5)19-17(23-15)11(3)4/h8-11H,6-7H2,1-5H3,(H,20,22). The summed E-state index contributed by atoms with van der Waals surface area (Å²) in [5.74, 6) is 1.13. The van der Waals surface area contributed by atoms with Crippen LogP contribution in [0.2, 0.25) is 0 Å². The van der Waals surface area contributed by atoms with Gasteiger partial charge in [0.05, 0.1) is 22.6 Å². The first-order valence-corrected chi connectivity index (χ1v) is 8.77. The van der Waals surface area contributed by atoms with Crippen molar-refractivity contribution in [3.8, 4) is 0 Å². The van der Waals surface area contributed by atoms with E-state index >= 15 is 0 Å². The first-order chi connectivity index (χ1) is 11.0. The predicted octanol–water partition coefficient (Wildman–Crippen LogP) is 4.07. The Hall–Kier alpha value is -1.95. The second kappa shape index (κ2) is 7.55. The lowest BCUT2D eigenvalue weighted by molar-refractivity contribution is 0.103. The topological polar surface area (TPSA) is 58.1 Å². The van der Waals surface area contributed by atoms with Gasteiger partial charge in [0.1, 0.15) is 10.7 Å². The summed E-state index contributed by atoms with van der Waals surface area (Å²) in [5, 5.41) is 3.89. The number of rotatable bonds is 6. The van der Waals surface area contributed by atoms with Crippen molar-refractivity contribution in [2.45, 2.75) is 40.5 Å². The van der Waals surface area contributed by atoms with Gasteiger partial charge in [-0.05, 0) is 32.9 Å². The Balaban J connectivity index is 2.11. The molecule has 0 aliphatic rings. The van der Waals surface area contributed by atoms with E-state index in [1.54, 1.807) is 6.20 Å². The molecule has 2 aromatic rings. The zero-order valence-corrected chi connectivity index (χ0v) is 15.2. The van der Waals surface area contributed by atoms with Crippen LogP contribution in [0.4, 0.5) is 11.5 Å². The molecule has 0 saturated heterocycles. The van der Waals surface area contributed by atoms with Gasteiger partial charge in [0.2, 0.25) is 0 Å². The molecule has 5 nitrogen and oxygen atoms in total. The molecule has 23 heavy (non-hydrogen) atoms. The van der Waals surface area contributed by atoms with Gasteiger partial charge in [-0.3, -0.25) is 4.79 Å². The summed E-state index contributed by atoms with van der Waals surface area (Å²) >= 11 is 1.46. The third kappa shape index (κ3) is 4.07. The molecule has 124 valence electrons. The molecule has 2 rings (SSSR count). The number of carbonyl (C=O) groups excluding carboxylic acids is 1. The normalized spacial score (nSPS) is 10.9.